The summed E-state index contributed by atoms with van der Waals surface area (Å²) in [6, 6.07) is 7.46. The monoisotopic (exact) mass is 298 g/mol. The highest BCUT2D eigenvalue weighted by atomic mass is 32.2. The second kappa shape index (κ2) is 7.76. The van der Waals surface area contributed by atoms with Gasteiger partial charge in [0, 0.05) is 19.1 Å². The van der Waals surface area contributed by atoms with Crippen LogP contribution < -0.4 is 10.0 Å². The van der Waals surface area contributed by atoms with Crippen LogP contribution in [0.1, 0.15) is 39.7 Å². The summed E-state index contributed by atoms with van der Waals surface area (Å²) < 4.78 is 27.0. The van der Waals surface area contributed by atoms with Crippen LogP contribution >= 0.6 is 0 Å². The van der Waals surface area contributed by atoms with Gasteiger partial charge in [-0.15, -0.1) is 0 Å². The lowest BCUT2D eigenvalue weighted by atomic mass is 10.1. The molecule has 20 heavy (non-hydrogen) atoms. The fraction of sp³-hybridized carbons (Fsp3) is 0.600. The predicted molar refractivity (Wildman–Crippen MR) is 83.1 cm³/mol. The summed E-state index contributed by atoms with van der Waals surface area (Å²) >= 11 is 0. The van der Waals surface area contributed by atoms with Gasteiger partial charge in [-0.3, -0.25) is 0 Å². The van der Waals surface area contributed by atoms with Crippen molar-refractivity contribution in [1.29, 1.82) is 0 Å². The van der Waals surface area contributed by atoms with Gasteiger partial charge in [-0.05, 0) is 30.0 Å². The van der Waals surface area contributed by atoms with E-state index in [9.17, 15) is 8.42 Å². The van der Waals surface area contributed by atoms with Crippen molar-refractivity contribution in [1.82, 2.24) is 10.0 Å². The van der Waals surface area contributed by atoms with Crippen molar-refractivity contribution in [3.63, 3.8) is 0 Å². The molecular weight excluding hydrogens is 272 g/mol. The van der Waals surface area contributed by atoms with Crippen LogP contribution in [0.3, 0.4) is 0 Å². The van der Waals surface area contributed by atoms with Crippen LogP contribution in [0.4, 0.5) is 0 Å². The van der Waals surface area contributed by atoms with Gasteiger partial charge < -0.3 is 5.32 Å². The number of nitrogens with one attached hydrogen (secondary N) is 2. The number of rotatable bonds is 8. The SMILES string of the molecule is CC(C)CCNS(=O)(=O)c1cccc(CNC(C)C)c1. The molecule has 4 nitrogen and oxygen atoms in total. The molecule has 5 heteroatoms. The quantitative estimate of drug-likeness (QED) is 0.775. The van der Waals surface area contributed by atoms with Gasteiger partial charge >= 0.3 is 0 Å². The Morgan fingerprint density at radius 3 is 2.45 bits per heavy atom. The molecule has 0 atom stereocenters. The van der Waals surface area contributed by atoms with Crippen molar-refractivity contribution in [2.45, 2.75) is 51.6 Å². The molecule has 1 aromatic carbocycles. The minimum atomic E-state index is -3.39. The number of benzene rings is 1. The van der Waals surface area contributed by atoms with Crippen molar-refractivity contribution in [2.24, 2.45) is 5.92 Å². The molecule has 0 fully saturated rings. The van der Waals surface area contributed by atoms with Crippen LogP contribution in [-0.2, 0) is 16.6 Å². The Labute approximate surface area is 123 Å². The highest BCUT2D eigenvalue weighted by Gasteiger charge is 2.13. The van der Waals surface area contributed by atoms with Crippen LogP contribution in [0.5, 0.6) is 0 Å². The Hall–Kier alpha value is -0.910. The highest BCUT2D eigenvalue weighted by Crippen LogP contribution is 2.12. The minimum absolute atomic E-state index is 0.337. The highest BCUT2D eigenvalue weighted by molar-refractivity contribution is 7.89. The standard InChI is InChI=1S/C15H26N2O2S/c1-12(2)8-9-17-20(18,19)15-7-5-6-14(10-15)11-16-13(3)4/h5-7,10,12-13,16-17H,8-9,11H2,1-4H3. The summed E-state index contributed by atoms with van der Waals surface area (Å²) in [6.45, 7) is 9.43. The van der Waals surface area contributed by atoms with Crippen molar-refractivity contribution >= 4 is 10.0 Å². The fourth-order valence-corrected chi connectivity index (χ4v) is 2.83. The molecule has 0 saturated carbocycles. The van der Waals surface area contributed by atoms with Crippen molar-refractivity contribution in [2.75, 3.05) is 6.54 Å². The van der Waals surface area contributed by atoms with Gasteiger partial charge in [0.2, 0.25) is 10.0 Å². The first-order valence-electron chi connectivity index (χ1n) is 7.13. The molecule has 0 aromatic heterocycles. The summed E-state index contributed by atoms with van der Waals surface area (Å²) in [6.07, 6.45) is 0.841. The lowest BCUT2D eigenvalue weighted by Gasteiger charge is -2.11. The predicted octanol–water partition coefficient (Wildman–Crippen LogP) is 2.51. The van der Waals surface area contributed by atoms with E-state index in [0.717, 1.165) is 12.0 Å². The maximum Gasteiger partial charge on any atom is 0.240 e. The Morgan fingerprint density at radius 1 is 1.15 bits per heavy atom. The molecule has 0 spiro atoms. The number of sulfonamides is 1. The van der Waals surface area contributed by atoms with E-state index in [0.29, 0.717) is 29.9 Å². The van der Waals surface area contributed by atoms with Gasteiger partial charge in [-0.2, -0.15) is 0 Å². The normalized spacial score (nSPS) is 12.3. The molecule has 0 heterocycles. The molecule has 0 radical (unpaired) electrons. The number of hydrogen-bond donors (Lipinski definition) is 2. The topological polar surface area (TPSA) is 58.2 Å². The zero-order valence-electron chi connectivity index (χ0n) is 12.8. The van der Waals surface area contributed by atoms with Crippen LogP contribution in [-0.4, -0.2) is 21.0 Å². The van der Waals surface area contributed by atoms with E-state index in [1.165, 1.54) is 0 Å². The molecule has 0 bridgehead atoms. The first-order chi connectivity index (χ1) is 9.31. The Kier molecular flexibility index (Phi) is 6.65. The van der Waals surface area contributed by atoms with Crippen molar-refractivity contribution < 1.29 is 8.42 Å². The Morgan fingerprint density at radius 2 is 1.85 bits per heavy atom. The minimum Gasteiger partial charge on any atom is -0.310 e. The maximum absolute atomic E-state index is 12.2. The zero-order chi connectivity index (χ0) is 15.2. The second-order valence-electron chi connectivity index (χ2n) is 5.76. The van der Waals surface area contributed by atoms with Crippen molar-refractivity contribution in [3.8, 4) is 0 Å². The third-order valence-corrected chi connectivity index (χ3v) is 4.40. The molecule has 2 N–H and O–H groups in total. The van der Waals surface area contributed by atoms with Gasteiger partial charge in [0.05, 0.1) is 4.90 Å². The largest absolute Gasteiger partial charge is 0.310 e. The van der Waals surface area contributed by atoms with Crippen LogP contribution in [0, 0.1) is 5.92 Å². The van der Waals surface area contributed by atoms with Gasteiger partial charge in [0.25, 0.3) is 0 Å². The second-order valence-corrected chi connectivity index (χ2v) is 7.53. The first-order valence-corrected chi connectivity index (χ1v) is 8.61. The van der Waals surface area contributed by atoms with E-state index in [4.69, 9.17) is 0 Å². The summed E-state index contributed by atoms with van der Waals surface area (Å²) in [5.74, 6) is 0.485. The average Bonchev–Trinajstić information content (AvgIpc) is 2.36. The smallest absolute Gasteiger partial charge is 0.240 e. The van der Waals surface area contributed by atoms with Crippen molar-refractivity contribution in [3.05, 3.63) is 29.8 Å². The third kappa shape index (κ3) is 6.03. The molecule has 1 rings (SSSR count). The summed E-state index contributed by atoms with van der Waals surface area (Å²) in [5.41, 5.74) is 0.977. The van der Waals surface area contributed by atoms with E-state index in [1.807, 2.05) is 6.07 Å². The molecular formula is C15H26N2O2S. The van der Waals surface area contributed by atoms with E-state index in [1.54, 1.807) is 18.2 Å². The van der Waals surface area contributed by atoms with Crippen LogP contribution in [0.15, 0.2) is 29.2 Å². The maximum atomic E-state index is 12.2. The summed E-state index contributed by atoms with van der Waals surface area (Å²) in [5, 5.41) is 3.28. The molecule has 114 valence electrons. The average molecular weight is 298 g/mol. The fourth-order valence-electron chi connectivity index (χ4n) is 1.71. The molecule has 0 amide bonds. The third-order valence-electron chi connectivity index (χ3n) is 2.94. The van der Waals surface area contributed by atoms with Gasteiger partial charge in [-0.1, -0.05) is 39.8 Å². The van der Waals surface area contributed by atoms with E-state index < -0.39 is 10.0 Å². The molecule has 0 unspecified atom stereocenters. The Bertz CT molecular complexity index is 510. The van der Waals surface area contributed by atoms with E-state index in [2.05, 4.69) is 37.7 Å². The van der Waals surface area contributed by atoms with E-state index >= 15 is 0 Å². The van der Waals surface area contributed by atoms with Gasteiger partial charge in [-0.25, -0.2) is 13.1 Å². The van der Waals surface area contributed by atoms with E-state index in [-0.39, 0.29) is 0 Å². The molecule has 0 aliphatic heterocycles. The van der Waals surface area contributed by atoms with Crippen LogP contribution in [0.25, 0.3) is 0 Å². The molecule has 0 saturated heterocycles. The summed E-state index contributed by atoms with van der Waals surface area (Å²) in [7, 11) is -3.39. The van der Waals surface area contributed by atoms with Crippen LogP contribution in [0.2, 0.25) is 0 Å². The lowest BCUT2D eigenvalue weighted by molar-refractivity contribution is 0.551. The summed E-state index contributed by atoms with van der Waals surface area (Å²) in [4.78, 5) is 0.337. The van der Waals surface area contributed by atoms with Gasteiger partial charge in [0.1, 0.15) is 0 Å². The molecule has 0 aliphatic carbocycles. The molecule has 1 aromatic rings. The zero-order valence-corrected chi connectivity index (χ0v) is 13.6. The first kappa shape index (κ1) is 17.1. The molecule has 0 aliphatic rings. The van der Waals surface area contributed by atoms with Gasteiger partial charge in [0.15, 0.2) is 0 Å². The number of hydrogen-bond acceptors (Lipinski definition) is 3. The lowest BCUT2D eigenvalue weighted by Crippen LogP contribution is -2.26. The Balaban J connectivity index is 2.72.